The van der Waals surface area contributed by atoms with Crippen LogP contribution in [0.5, 0.6) is 5.75 Å². The van der Waals surface area contributed by atoms with E-state index in [4.69, 9.17) is 4.74 Å². The second kappa shape index (κ2) is 6.80. The highest BCUT2D eigenvalue weighted by atomic mass is 16.5. The predicted molar refractivity (Wildman–Crippen MR) is 88.9 cm³/mol. The van der Waals surface area contributed by atoms with Gasteiger partial charge in [0.25, 0.3) is 0 Å². The molecule has 2 rings (SSSR count). The van der Waals surface area contributed by atoms with Crippen LogP contribution in [0.1, 0.15) is 44.7 Å². The van der Waals surface area contributed by atoms with Gasteiger partial charge in [-0.3, -0.25) is 4.90 Å². The molecule has 1 heterocycles. The van der Waals surface area contributed by atoms with Crippen LogP contribution in [0.4, 0.5) is 0 Å². The summed E-state index contributed by atoms with van der Waals surface area (Å²) in [6.45, 7) is 12.3. The van der Waals surface area contributed by atoms with Crippen molar-refractivity contribution in [1.29, 1.82) is 0 Å². The van der Waals surface area contributed by atoms with Crippen molar-refractivity contribution in [3.63, 3.8) is 0 Å². The zero-order chi connectivity index (χ0) is 15.5. The predicted octanol–water partition coefficient (Wildman–Crippen LogP) is 3.36. The lowest BCUT2D eigenvalue weighted by Gasteiger charge is -2.41. The van der Waals surface area contributed by atoms with E-state index < -0.39 is 0 Å². The number of nitrogens with one attached hydrogen (secondary N) is 1. The Morgan fingerprint density at radius 2 is 1.90 bits per heavy atom. The van der Waals surface area contributed by atoms with Crippen molar-refractivity contribution < 1.29 is 4.74 Å². The van der Waals surface area contributed by atoms with Crippen molar-refractivity contribution in [2.75, 3.05) is 20.2 Å². The highest BCUT2D eigenvalue weighted by molar-refractivity contribution is 5.36. The molecule has 0 atom stereocenters. The van der Waals surface area contributed by atoms with Gasteiger partial charge in [0.2, 0.25) is 0 Å². The minimum absolute atomic E-state index is 0.296. The summed E-state index contributed by atoms with van der Waals surface area (Å²) < 4.78 is 5.45. The SMILES string of the molecule is COc1ccc(C)cc1CNC1CCN(C(C)(C)C)CC1. The smallest absolute Gasteiger partial charge is 0.123 e. The lowest BCUT2D eigenvalue weighted by molar-refractivity contribution is 0.0960. The minimum atomic E-state index is 0.296. The first kappa shape index (κ1) is 16.3. The first-order valence-corrected chi connectivity index (χ1v) is 8.02. The molecule has 1 N–H and O–H groups in total. The highest BCUT2D eigenvalue weighted by Crippen LogP contribution is 2.22. The number of piperidine rings is 1. The number of likely N-dealkylation sites (tertiary alicyclic amines) is 1. The first-order valence-electron chi connectivity index (χ1n) is 8.02. The van der Waals surface area contributed by atoms with Crippen LogP contribution in [0.25, 0.3) is 0 Å². The van der Waals surface area contributed by atoms with E-state index in [0.29, 0.717) is 11.6 Å². The zero-order valence-electron chi connectivity index (χ0n) is 14.2. The van der Waals surface area contributed by atoms with Crippen LogP contribution in [0.3, 0.4) is 0 Å². The first-order chi connectivity index (χ1) is 9.90. The van der Waals surface area contributed by atoms with E-state index in [1.807, 2.05) is 0 Å². The van der Waals surface area contributed by atoms with Crippen molar-refractivity contribution in [3.05, 3.63) is 29.3 Å². The molecule has 3 nitrogen and oxygen atoms in total. The maximum absolute atomic E-state index is 5.45. The molecule has 0 aromatic heterocycles. The number of methoxy groups -OCH3 is 1. The largest absolute Gasteiger partial charge is 0.496 e. The Morgan fingerprint density at radius 3 is 2.48 bits per heavy atom. The van der Waals surface area contributed by atoms with E-state index in [1.165, 1.54) is 37.1 Å². The van der Waals surface area contributed by atoms with Gasteiger partial charge in [-0.1, -0.05) is 17.7 Å². The Labute approximate surface area is 129 Å². The van der Waals surface area contributed by atoms with E-state index >= 15 is 0 Å². The number of aryl methyl sites for hydroxylation is 1. The van der Waals surface area contributed by atoms with Crippen molar-refractivity contribution in [1.82, 2.24) is 10.2 Å². The van der Waals surface area contributed by atoms with E-state index in [1.54, 1.807) is 7.11 Å². The number of rotatable bonds is 4. The highest BCUT2D eigenvalue weighted by Gasteiger charge is 2.26. The summed E-state index contributed by atoms with van der Waals surface area (Å²) in [5.41, 5.74) is 2.84. The molecule has 0 saturated carbocycles. The van der Waals surface area contributed by atoms with Crippen LogP contribution < -0.4 is 10.1 Å². The Bertz CT molecular complexity index is 457. The average Bonchev–Trinajstić information content (AvgIpc) is 2.45. The Balaban J connectivity index is 1.86. The van der Waals surface area contributed by atoms with E-state index in [2.05, 4.69) is 56.1 Å². The second-order valence-electron chi connectivity index (χ2n) is 7.13. The van der Waals surface area contributed by atoms with Gasteiger partial charge < -0.3 is 10.1 Å². The molecule has 1 aliphatic rings. The third kappa shape index (κ3) is 4.45. The standard InChI is InChI=1S/C18H30N2O/c1-14-6-7-17(21-5)15(12-14)13-19-16-8-10-20(11-9-16)18(2,3)4/h6-7,12,16,19H,8-11,13H2,1-5H3. The number of nitrogens with zero attached hydrogens (tertiary/aromatic N) is 1. The molecule has 1 aromatic rings. The molecule has 1 aromatic carbocycles. The van der Waals surface area contributed by atoms with Crippen molar-refractivity contribution >= 4 is 0 Å². The topological polar surface area (TPSA) is 24.5 Å². The van der Waals surface area contributed by atoms with Crippen LogP contribution in [0.2, 0.25) is 0 Å². The van der Waals surface area contributed by atoms with Gasteiger partial charge in [0.1, 0.15) is 5.75 Å². The molecule has 0 radical (unpaired) electrons. The molecule has 0 spiro atoms. The van der Waals surface area contributed by atoms with Gasteiger partial charge >= 0.3 is 0 Å². The zero-order valence-corrected chi connectivity index (χ0v) is 14.2. The summed E-state index contributed by atoms with van der Waals surface area (Å²) in [4.78, 5) is 2.58. The van der Waals surface area contributed by atoms with Gasteiger partial charge in [0.15, 0.2) is 0 Å². The van der Waals surface area contributed by atoms with Gasteiger partial charge in [0.05, 0.1) is 7.11 Å². The Kier molecular flexibility index (Phi) is 5.28. The van der Waals surface area contributed by atoms with Crippen molar-refractivity contribution in [3.8, 4) is 5.75 Å². The fourth-order valence-corrected chi connectivity index (χ4v) is 3.05. The molecule has 21 heavy (non-hydrogen) atoms. The maximum atomic E-state index is 5.45. The summed E-state index contributed by atoms with van der Waals surface area (Å²) in [5.74, 6) is 0.986. The van der Waals surface area contributed by atoms with Crippen LogP contribution >= 0.6 is 0 Å². The van der Waals surface area contributed by atoms with Crippen LogP contribution in [-0.2, 0) is 6.54 Å². The fraction of sp³-hybridized carbons (Fsp3) is 0.667. The van der Waals surface area contributed by atoms with E-state index in [9.17, 15) is 0 Å². The average molecular weight is 290 g/mol. The molecule has 118 valence electrons. The van der Waals surface area contributed by atoms with Gasteiger partial charge in [-0.15, -0.1) is 0 Å². The second-order valence-corrected chi connectivity index (χ2v) is 7.13. The minimum Gasteiger partial charge on any atom is -0.496 e. The summed E-state index contributed by atoms with van der Waals surface area (Å²) in [5, 5.41) is 3.71. The summed E-state index contributed by atoms with van der Waals surface area (Å²) in [6.07, 6.45) is 2.46. The molecule has 1 fully saturated rings. The molecule has 1 aliphatic heterocycles. The van der Waals surface area contributed by atoms with Crippen molar-refractivity contribution in [2.45, 2.75) is 58.7 Å². The number of hydrogen-bond acceptors (Lipinski definition) is 3. The molecule has 0 bridgehead atoms. The molecular formula is C18H30N2O. The quantitative estimate of drug-likeness (QED) is 0.920. The normalized spacial score (nSPS) is 18.0. The molecular weight excluding hydrogens is 260 g/mol. The Hall–Kier alpha value is -1.06. The fourth-order valence-electron chi connectivity index (χ4n) is 3.05. The molecule has 0 amide bonds. The number of ether oxygens (including phenoxy) is 1. The van der Waals surface area contributed by atoms with Crippen molar-refractivity contribution in [2.24, 2.45) is 0 Å². The lowest BCUT2D eigenvalue weighted by atomic mass is 9.98. The summed E-state index contributed by atoms with van der Waals surface area (Å²) >= 11 is 0. The lowest BCUT2D eigenvalue weighted by Crippen LogP contribution is -2.49. The number of hydrogen-bond donors (Lipinski definition) is 1. The van der Waals surface area contributed by atoms with Gasteiger partial charge in [-0.25, -0.2) is 0 Å². The van der Waals surface area contributed by atoms with Gasteiger partial charge in [-0.05, 0) is 46.6 Å². The molecule has 0 unspecified atom stereocenters. The Morgan fingerprint density at radius 1 is 1.24 bits per heavy atom. The molecule has 3 heteroatoms. The third-order valence-electron chi connectivity index (χ3n) is 4.46. The monoisotopic (exact) mass is 290 g/mol. The van der Waals surface area contributed by atoms with Gasteiger partial charge in [-0.2, -0.15) is 0 Å². The van der Waals surface area contributed by atoms with Crippen LogP contribution in [0.15, 0.2) is 18.2 Å². The van der Waals surface area contributed by atoms with E-state index in [-0.39, 0.29) is 0 Å². The third-order valence-corrected chi connectivity index (χ3v) is 4.46. The molecule has 1 saturated heterocycles. The van der Waals surface area contributed by atoms with Gasteiger partial charge in [0, 0.05) is 36.8 Å². The molecule has 0 aliphatic carbocycles. The van der Waals surface area contributed by atoms with Crippen LogP contribution in [0, 0.1) is 6.92 Å². The van der Waals surface area contributed by atoms with E-state index in [0.717, 1.165) is 12.3 Å². The summed E-state index contributed by atoms with van der Waals surface area (Å²) in [6, 6.07) is 7.00. The number of benzene rings is 1. The maximum Gasteiger partial charge on any atom is 0.123 e. The summed E-state index contributed by atoms with van der Waals surface area (Å²) in [7, 11) is 1.75. The van der Waals surface area contributed by atoms with Crippen LogP contribution in [-0.4, -0.2) is 36.7 Å².